The number of nitrogens with zero attached hydrogens (tertiary/aromatic N) is 3. The van der Waals surface area contributed by atoms with E-state index >= 15 is 0 Å². The molecule has 3 rings (SSSR count). The first-order valence-electron chi connectivity index (χ1n) is 6.97. The molecule has 0 aliphatic heterocycles. The maximum atomic E-state index is 5.87. The number of nitrogens with one attached hydrogen (secondary N) is 1. The summed E-state index contributed by atoms with van der Waals surface area (Å²) in [6, 6.07) is 8.29. The molecule has 3 N–H and O–H groups in total. The van der Waals surface area contributed by atoms with Gasteiger partial charge in [0.15, 0.2) is 0 Å². The van der Waals surface area contributed by atoms with E-state index in [1.54, 1.807) is 6.33 Å². The highest BCUT2D eigenvalue weighted by Gasteiger charge is 2.16. The summed E-state index contributed by atoms with van der Waals surface area (Å²) >= 11 is 5.18. The molecule has 0 radical (unpaired) electrons. The van der Waals surface area contributed by atoms with Crippen LogP contribution in [0.1, 0.15) is 16.7 Å². The molecule has 0 spiro atoms. The predicted octanol–water partition coefficient (Wildman–Crippen LogP) is 2.46. The Morgan fingerprint density at radius 1 is 1.32 bits per heavy atom. The highest BCUT2D eigenvalue weighted by molar-refractivity contribution is 7.80. The Bertz CT molecular complexity index is 853. The van der Waals surface area contributed by atoms with Crippen LogP contribution in [0.4, 0.5) is 5.82 Å². The molecule has 0 bridgehead atoms. The normalized spacial score (nSPS) is 10.8. The SMILES string of the molecule is CNc1ncnc2c1c(C(N)=S)cn2Cc1ccccc1C. The molecular weight excluding hydrogens is 294 g/mol. The lowest BCUT2D eigenvalue weighted by molar-refractivity contribution is 0.817. The third-order valence-electron chi connectivity index (χ3n) is 3.76. The molecule has 0 atom stereocenters. The van der Waals surface area contributed by atoms with Crippen molar-refractivity contribution in [2.45, 2.75) is 13.5 Å². The molecule has 112 valence electrons. The molecule has 22 heavy (non-hydrogen) atoms. The van der Waals surface area contributed by atoms with Crippen LogP contribution >= 0.6 is 12.2 Å². The van der Waals surface area contributed by atoms with E-state index < -0.39 is 0 Å². The standard InChI is InChI=1S/C16H17N5S/c1-10-5-3-4-6-11(10)7-21-8-12(14(17)22)13-15(18-2)19-9-20-16(13)21/h3-6,8-9H,7H2,1-2H3,(H2,17,22)(H,18,19,20). The first kappa shape index (κ1) is 14.5. The van der Waals surface area contributed by atoms with Gasteiger partial charge in [-0.05, 0) is 18.1 Å². The average molecular weight is 311 g/mol. The summed E-state index contributed by atoms with van der Waals surface area (Å²) < 4.78 is 2.06. The maximum absolute atomic E-state index is 5.87. The number of nitrogens with two attached hydrogens (primary N) is 1. The highest BCUT2D eigenvalue weighted by atomic mass is 32.1. The number of aryl methyl sites for hydroxylation is 1. The number of hydrogen-bond acceptors (Lipinski definition) is 4. The molecule has 6 heteroatoms. The Balaban J connectivity index is 2.19. The minimum Gasteiger partial charge on any atom is -0.389 e. The summed E-state index contributed by atoms with van der Waals surface area (Å²) in [5.74, 6) is 0.733. The van der Waals surface area contributed by atoms with Gasteiger partial charge < -0.3 is 15.6 Å². The molecule has 0 aliphatic carbocycles. The lowest BCUT2D eigenvalue weighted by Gasteiger charge is -2.08. The molecule has 0 unspecified atom stereocenters. The molecular formula is C16H17N5S. The smallest absolute Gasteiger partial charge is 0.146 e. The summed E-state index contributed by atoms with van der Waals surface area (Å²) in [6.07, 6.45) is 3.50. The van der Waals surface area contributed by atoms with Crippen LogP contribution < -0.4 is 11.1 Å². The Kier molecular flexibility index (Phi) is 3.77. The second-order valence-corrected chi connectivity index (χ2v) is 5.57. The topological polar surface area (TPSA) is 68.8 Å². The largest absolute Gasteiger partial charge is 0.389 e. The van der Waals surface area contributed by atoms with Gasteiger partial charge in [0.05, 0.1) is 5.39 Å². The van der Waals surface area contributed by atoms with E-state index in [9.17, 15) is 0 Å². The Labute approximate surface area is 134 Å². The number of aromatic nitrogens is 3. The monoisotopic (exact) mass is 311 g/mol. The first-order chi connectivity index (χ1) is 10.6. The summed E-state index contributed by atoms with van der Waals surface area (Å²) in [7, 11) is 1.82. The van der Waals surface area contributed by atoms with E-state index in [0.717, 1.165) is 22.4 Å². The minimum absolute atomic E-state index is 0.347. The minimum atomic E-state index is 0.347. The molecule has 0 fully saturated rings. The van der Waals surface area contributed by atoms with Crippen LogP contribution in [0.3, 0.4) is 0 Å². The molecule has 2 heterocycles. The molecule has 0 aliphatic rings. The van der Waals surface area contributed by atoms with Crippen molar-refractivity contribution < 1.29 is 0 Å². The molecule has 0 amide bonds. The summed E-state index contributed by atoms with van der Waals surface area (Å²) in [4.78, 5) is 9.02. The Morgan fingerprint density at radius 2 is 2.09 bits per heavy atom. The van der Waals surface area contributed by atoms with E-state index in [2.05, 4.69) is 38.9 Å². The number of benzene rings is 1. The van der Waals surface area contributed by atoms with Crippen molar-refractivity contribution in [2.24, 2.45) is 5.73 Å². The van der Waals surface area contributed by atoms with Crippen molar-refractivity contribution in [3.05, 3.63) is 53.5 Å². The fourth-order valence-corrected chi connectivity index (χ4v) is 2.75. The van der Waals surface area contributed by atoms with Crippen molar-refractivity contribution in [3.8, 4) is 0 Å². The zero-order valence-electron chi connectivity index (χ0n) is 12.5. The number of thiocarbonyl (C=S) groups is 1. The van der Waals surface area contributed by atoms with Crippen LogP contribution in [0.25, 0.3) is 11.0 Å². The van der Waals surface area contributed by atoms with E-state index in [1.165, 1.54) is 11.1 Å². The zero-order valence-corrected chi connectivity index (χ0v) is 13.3. The van der Waals surface area contributed by atoms with Gasteiger partial charge in [0.2, 0.25) is 0 Å². The van der Waals surface area contributed by atoms with Crippen molar-refractivity contribution in [2.75, 3.05) is 12.4 Å². The number of anilines is 1. The number of fused-ring (bicyclic) bond motifs is 1. The van der Waals surface area contributed by atoms with Gasteiger partial charge in [-0.25, -0.2) is 9.97 Å². The molecule has 0 saturated heterocycles. The average Bonchev–Trinajstić information content (AvgIpc) is 2.89. The van der Waals surface area contributed by atoms with Gasteiger partial charge in [0.1, 0.15) is 22.8 Å². The molecule has 0 saturated carbocycles. The van der Waals surface area contributed by atoms with Crippen LogP contribution in [0.5, 0.6) is 0 Å². The van der Waals surface area contributed by atoms with Gasteiger partial charge >= 0.3 is 0 Å². The molecule has 5 nitrogen and oxygen atoms in total. The van der Waals surface area contributed by atoms with Crippen LogP contribution in [-0.4, -0.2) is 26.6 Å². The van der Waals surface area contributed by atoms with E-state index in [1.807, 2.05) is 25.4 Å². The fourth-order valence-electron chi connectivity index (χ4n) is 2.59. The van der Waals surface area contributed by atoms with Crippen molar-refractivity contribution in [1.29, 1.82) is 0 Å². The van der Waals surface area contributed by atoms with Crippen LogP contribution in [-0.2, 0) is 6.54 Å². The summed E-state index contributed by atoms with van der Waals surface area (Å²) in [5, 5.41) is 3.94. The molecule has 3 aromatic rings. The maximum Gasteiger partial charge on any atom is 0.146 e. The summed E-state index contributed by atoms with van der Waals surface area (Å²) in [6.45, 7) is 2.81. The first-order valence-corrected chi connectivity index (χ1v) is 7.38. The predicted molar refractivity (Wildman–Crippen MR) is 93.2 cm³/mol. The fraction of sp³-hybridized carbons (Fsp3) is 0.188. The van der Waals surface area contributed by atoms with Gasteiger partial charge in [0.25, 0.3) is 0 Å². The van der Waals surface area contributed by atoms with E-state index in [0.29, 0.717) is 11.5 Å². The Hall–Kier alpha value is -2.47. The van der Waals surface area contributed by atoms with Gasteiger partial charge in [-0.3, -0.25) is 0 Å². The van der Waals surface area contributed by atoms with Gasteiger partial charge in [-0.15, -0.1) is 0 Å². The number of hydrogen-bond donors (Lipinski definition) is 2. The van der Waals surface area contributed by atoms with Gasteiger partial charge in [-0.2, -0.15) is 0 Å². The third kappa shape index (κ3) is 2.42. The van der Waals surface area contributed by atoms with Crippen LogP contribution in [0.2, 0.25) is 0 Å². The van der Waals surface area contributed by atoms with Gasteiger partial charge in [0, 0.05) is 25.4 Å². The van der Waals surface area contributed by atoms with Crippen molar-refractivity contribution in [1.82, 2.24) is 14.5 Å². The van der Waals surface area contributed by atoms with Gasteiger partial charge in [-0.1, -0.05) is 36.5 Å². The second kappa shape index (κ2) is 5.73. The van der Waals surface area contributed by atoms with E-state index in [-0.39, 0.29) is 0 Å². The second-order valence-electron chi connectivity index (χ2n) is 5.13. The zero-order chi connectivity index (χ0) is 15.7. The van der Waals surface area contributed by atoms with E-state index in [4.69, 9.17) is 18.0 Å². The third-order valence-corrected chi connectivity index (χ3v) is 3.98. The summed E-state index contributed by atoms with van der Waals surface area (Å²) in [5.41, 5.74) is 9.97. The van der Waals surface area contributed by atoms with Crippen LogP contribution in [0, 0.1) is 6.92 Å². The molecule has 1 aromatic carbocycles. The number of rotatable bonds is 4. The highest BCUT2D eigenvalue weighted by Crippen LogP contribution is 2.26. The lowest BCUT2D eigenvalue weighted by Crippen LogP contribution is -2.09. The van der Waals surface area contributed by atoms with Crippen LogP contribution in [0.15, 0.2) is 36.8 Å². The van der Waals surface area contributed by atoms with Crippen molar-refractivity contribution in [3.63, 3.8) is 0 Å². The molecule has 2 aromatic heterocycles. The quantitative estimate of drug-likeness (QED) is 0.724. The Morgan fingerprint density at radius 3 is 2.77 bits per heavy atom. The lowest BCUT2D eigenvalue weighted by atomic mass is 10.1. The van der Waals surface area contributed by atoms with Crippen molar-refractivity contribution >= 4 is 34.1 Å².